The average molecular weight is 239 g/mol. The Kier molecular flexibility index (Phi) is 3.29. The molecule has 0 aliphatic rings. The van der Waals surface area contributed by atoms with Gasteiger partial charge in [0.1, 0.15) is 4.98 Å². The molecule has 1 aromatic heterocycles. The smallest absolute Gasteiger partial charge is 0.198 e. The number of nitrogens with one attached hydrogen (secondary N) is 1. The molecule has 0 spiro atoms. The van der Waals surface area contributed by atoms with Gasteiger partial charge >= 0.3 is 0 Å². The van der Waals surface area contributed by atoms with E-state index in [1.165, 1.54) is 0 Å². The number of aromatic amines is 1. The number of nitriles is 1. The monoisotopic (exact) mass is 238 g/mol. The maximum absolute atomic E-state index is 7.24. The highest BCUT2D eigenvalue weighted by Gasteiger charge is 1.94. The van der Waals surface area contributed by atoms with Crippen LogP contribution in [0.15, 0.2) is 24.3 Å². The summed E-state index contributed by atoms with van der Waals surface area (Å²) >= 11 is 2.45. The van der Waals surface area contributed by atoms with E-state index in [9.17, 15) is 0 Å². The first-order valence-electron chi connectivity index (χ1n) is 3.48. The quantitative estimate of drug-likeness (QED) is 0.737. The van der Waals surface area contributed by atoms with Gasteiger partial charge in [-0.1, -0.05) is 12.1 Å². The van der Waals surface area contributed by atoms with Crippen LogP contribution in [0.2, 0.25) is 0 Å². The van der Waals surface area contributed by atoms with Crippen molar-refractivity contribution in [1.82, 2.24) is 9.97 Å². The highest BCUT2D eigenvalue weighted by Crippen LogP contribution is 2.10. The van der Waals surface area contributed by atoms with Gasteiger partial charge in [-0.25, -0.2) is 4.98 Å². The molecular weight excluding hydrogens is 232 g/mol. The number of halogens is 1. The number of para-hydroxylation sites is 2. The van der Waals surface area contributed by atoms with Crippen molar-refractivity contribution in [3.63, 3.8) is 0 Å². The lowest BCUT2D eigenvalue weighted by Gasteiger charge is -1.81. The summed E-state index contributed by atoms with van der Waals surface area (Å²) in [6.45, 7) is 0. The van der Waals surface area contributed by atoms with Crippen molar-refractivity contribution in [2.45, 2.75) is 0 Å². The molecule has 2 rings (SSSR count). The summed E-state index contributed by atoms with van der Waals surface area (Å²) in [7, 11) is 0. The van der Waals surface area contributed by atoms with Gasteiger partial charge in [-0.3, -0.25) is 0 Å². The van der Waals surface area contributed by atoms with Gasteiger partial charge in [0.25, 0.3) is 0 Å². The van der Waals surface area contributed by atoms with Gasteiger partial charge in [-0.05, 0) is 12.1 Å². The molecule has 0 bridgehead atoms. The van der Waals surface area contributed by atoms with Crippen LogP contribution in [-0.2, 0) is 0 Å². The van der Waals surface area contributed by atoms with Crippen molar-refractivity contribution in [2.24, 2.45) is 0 Å². The Hall–Kier alpha value is -1.54. The van der Waals surface area contributed by atoms with Crippen molar-refractivity contribution in [1.29, 1.82) is 5.26 Å². The molecule has 0 aliphatic carbocycles. The van der Waals surface area contributed by atoms with E-state index in [1.54, 1.807) is 4.98 Å². The topological polar surface area (TPSA) is 78.5 Å². The molecule has 5 heteroatoms. The van der Waals surface area contributed by atoms with E-state index < -0.39 is 0 Å². The fraction of sp³-hybridized carbons (Fsp3) is 0. The van der Waals surface area contributed by atoms with Crippen LogP contribution in [-0.4, -0.2) is 9.97 Å². The molecular formula is C8H7BrN4. The van der Waals surface area contributed by atoms with Crippen molar-refractivity contribution in [3.8, 4) is 4.98 Å². The number of imidazole rings is 1. The molecule has 0 fully saturated rings. The Morgan fingerprint density at radius 2 is 2.08 bits per heavy atom. The predicted molar refractivity (Wildman–Crippen MR) is 55.0 cm³/mol. The molecule has 0 saturated heterocycles. The van der Waals surface area contributed by atoms with Crippen LogP contribution in [0.25, 0.3) is 11.0 Å². The zero-order chi connectivity index (χ0) is 9.68. The second-order valence-electron chi connectivity index (χ2n) is 2.22. The summed E-state index contributed by atoms with van der Waals surface area (Å²) in [5.41, 5.74) is 7.33. The normalized spacial score (nSPS) is 8.62. The summed E-state index contributed by atoms with van der Waals surface area (Å²) in [6.07, 6.45) is 0. The molecule has 2 aromatic rings. The van der Waals surface area contributed by atoms with Crippen LogP contribution in [0.5, 0.6) is 0 Å². The lowest BCUT2D eigenvalue weighted by molar-refractivity contribution is 1.35. The third kappa shape index (κ3) is 2.46. The lowest BCUT2D eigenvalue weighted by atomic mass is 10.3. The standard InChI is InChI=1S/C7H7N3.CBrN/c8-7-9-5-3-1-2-4-6(5)10-7;2-1-3/h1-4H,(H3,8,9,10);. The number of benzene rings is 1. The fourth-order valence-corrected chi connectivity index (χ4v) is 0.973. The van der Waals surface area contributed by atoms with Gasteiger partial charge in [-0.2, -0.15) is 5.26 Å². The summed E-state index contributed by atoms with van der Waals surface area (Å²) in [5, 5.41) is 7.24. The fourth-order valence-electron chi connectivity index (χ4n) is 0.973. The molecule has 0 aliphatic heterocycles. The average Bonchev–Trinajstić information content (AvgIpc) is 2.45. The van der Waals surface area contributed by atoms with Crippen LogP contribution in [0.3, 0.4) is 0 Å². The number of nitrogen functional groups attached to an aromatic ring is 1. The number of H-pyrrole nitrogens is 1. The van der Waals surface area contributed by atoms with Gasteiger partial charge < -0.3 is 10.7 Å². The number of aromatic nitrogens is 2. The van der Waals surface area contributed by atoms with E-state index in [2.05, 4.69) is 25.9 Å². The molecule has 0 atom stereocenters. The minimum atomic E-state index is 0.473. The van der Waals surface area contributed by atoms with Crippen LogP contribution in [0.1, 0.15) is 0 Å². The molecule has 0 radical (unpaired) electrons. The van der Waals surface area contributed by atoms with Gasteiger partial charge in [0.2, 0.25) is 0 Å². The minimum Gasteiger partial charge on any atom is -0.369 e. The SMILES string of the molecule is N#CBr.Nc1nc2ccccc2[nH]1. The van der Waals surface area contributed by atoms with E-state index in [1.807, 2.05) is 24.3 Å². The molecule has 3 N–H and O–H groups in total. The van der Waals surface area contributed by atoms with E-state index in [0.29, 0.717) is 5.95 Å². The predicted octanol–water partition coefficient (Wildman–Crippen LogP) is 2.01. The lowest BCUT2D eigenvalue weighted by Crippen LogP contribution is -1.84. The maximum Gasteiger partial charge on any atom is 0.198 e. The Morgan fingerprint density at radius 3 is 2.69 bits per heavy atom. The van der Waals surface area contributed by atoms with Crippen LogP contribution in [0, 0.1) is 10.2 Å². The molecule has 0 saturated carbocycles. The summed E-state index contributed by atoms with van der Waals surface area (Å²) in [4.78, 5) is 8.52. The highest BCUT2D eigenvalue weighted by atomic mass is 79.9. The van der Waals surface area contributed by atoms with Crippen molar-refractivity contribution < 1.29 is 0 Å². The second kappa shape index (κ2) is 4.48. The Bertz CT molecular complexity index is 396. The molecule has 1 heterocycles. The highest BCUT2D eigenvalue weighted by molar-refractivity contribution is 9.12. The third-order valence-electron chi connectivity index (χ3n) is 1.41. The van der Waals surface area contributed by atoms with Crippen LogP contribution < -0.4 is 5.73 Å². The van der Waals surface area contributed by atoms with E-state index in [0.717, 1.165) is 11.0 Å². The first-order chi connectivity index (χ1) is 6.27. The Labute approximate surface area is 83.5 Å². The number of hydrogen-bond donors (Lipinski definition) is 2. The van der Waals surface area contributed by atoms with E-state index >= 15 is 0 Å². The Balaban J connectivity index is 0.000000251. The number of fused-ring (bicyclic) bond motifs is 1. The van der Waals surface area contributed by atoms with Crippen LogP contribution in [0.4, 0.5) is 5.95 Å². The zero-order valence-corrected chi connectivity index (χ0v) is 8.25. The Morgan fingerprint density at radius 1 is 1.46 bits per heavy atom. The largest absolute Gasteiger partial charge is 0.369 e. The van der Waals surface area contributed by atoms with Gasteiger partial charge in [0.05, 0.1) is 11.0 Å². The summed E-state index contributed by atoms with van der Waals surface area (Å²) < 4.78 is 0. The van der Waals surface area contributed by atoms with Crippen molar-refractivity contribution in [3.05, 3.63) is 24.3 Å². The number of hydrogen-bond acceptors (Lipinski definition) is 3. The molecule has 0 amide bonds. The molecule has 4 nitrogen and oxygen atoms in total. The number of nitrogens with zero attached hydrogens (tertiary/aromatic N) is 2. The van der Waals surface area contributed by atoms with Gasteiger partial charge in [0, 0.05) is 15.9 Å². The summed E-state index contributed by atoms with van der Waals surface area (Å²) in [6, 6.07) is 7.74. The molecule has 66 valence electrons. The van der Waals surface area contributed by atoms with Gasteiger partial charge in [-0.15, -0.1) is 0 Å². The van der Waals surface area contributed by atoms with Gasteiger partial charge in [0.15, 0.2) is 5.95 Å². The molecule has 0 unspecified atom stereocenters. The van der Waals surface area contributed by atoms with Crippen molar-refractivity contribution in [2.75, 3.05) is 5.73 Å². The summed E-state index contributed by atoms with van der Waals surface area (Å²) in [5.74, 6) is 0.473. The molecule has 1 aromatic carbocycles. The van der Waals surface area contributed by atoms with Crippen LogP contribution >= 0.6 is 15.9 Å². The first kappa shape index (κ1) is 9.55. The maximum atomic E-state index is 7.24. The van der Waals surface area contributed by atoms with E-state index in [4.69, 9.17) is 11.0 Å². The number of nitrogens with two attached hydrogens (primary N) is 1. The van der Waals surface area contributed by atoms with E-state index in [-0.39, 0.29) is 0 Å². The zero-order valence-electron chi connectivity index (χ0n) is 6.66. The second-order valence-corrected chi connectivity index (χ2v) is 2.58. The number of rotatable bonds is 0. The molecule has 13 heavy (non-hydrogen) atoms. The van der Waals surface area contributed by atoms with Crippen molar-refractivity contribution >= 4 is 32.9 Å². The first-order valence-corrected chi connectivity index (χ1v) is 4.27. The third-order valence-corrected chi connectivity index (χ3v) is 1.41. The minimum absolute atomic E-state index is 0.473. The number of anilines is 1.